The zero-order valence-corrected chi connectivity index (χ0v) is 13.9. The van der Waals surface area contributed by atoms with Crippen molar-refractivity contribution in [1.29, 1.82) is 0 Å². The summed E-state index contributed by atoms with van der Waals surface area (Å²) in [6, 6.07) is 16.1. The predicted molar refractivity (Wildman–Crippen MR) is 96.6 cm³/mol. The molecule has 0 saturated heterocycles. The van der Waals surface area contributed by atoms with Gasteiger partial charge in [0.1, 0.15) is 5.75 Å². The standard InChI is InChI=1S/C19H17ClOS/c1-21-16-8-6-15(7-9-16)18(12-14-10-11-22-13-14)17-4-2-3-5-19(17)20/h2-12,14H,13H2,1H3. The van der Waals surface area contributed by atoms with Gasteiger partial charge in [-0.3, -0.25) is 0 Å². The van der Waals surface area contributed by atoms with Crippen molar-refractivity contribution in [2.45, 2.75) is 0 Å². The molecule has 1 heterocycles. The Morgan fingerprint density at radius 3 is 2.59 bits per heavy atom. The lowest BCUT2D eigenvalue weighted by atomic mass is 9.94. The van der Waals surface area contributed by atoms with Crippen LogP contribution in [0.1, 0.15) is 11.1 Å². The summed E-state index contributed by atoms with van der Waals surface area (Å²) < 4.78 is 5.25. The molecule has 1 aliphatic heterocycles. The van der Waals surface area contributed by atoms with Crippen molar-refractivity contribution in [3.63, 3.8) is 0 Å². The van der Waals surface area contributed by atoms with E-state index in [0.29, 0.717) is 5.92 Å². The van der Waals surface area contributed by atoms with E-state index >= 15 is 0 Å². The number of methoxy groups -OCH3 is 1. The van der Waals surface area contributed by atoms with Crippen molar-refractivity contribution in [3.05, 3.63) is 82.2 Å². The number of hydrogen-bond acceptors (Lipinski definition) is 2. The van der Waals surface area contributed by atoms with Gasteiger partial charge in [-0.15, -0.1) is 11.8 Å². The molecule has 112 valence electrons. The second kappa shape index (κ2) is 7.08. The van der Waals surface area contributed by atoms with E-state index in [0.717, 1.165) is 27.7 Å². The molecular weight excluding hydrogens is 312 g/mol. The third-order valence-electron chi connectivity index (χ3n) is 3.66. The summed E-state index contributed by atoms with van der Waals surface area (Å²) in [5.41, 5.74) is 3.39. The van der Waals surface area contributed by atoms with E-state index in [1.165, 1.54) is 5.57 Å². The normalized spacial score (nSPS) is 17.7. The molecular formula is C19H17ClOS. The topological polar surface area (TPSA) is 9.23 Å². The molecule has 1 atom stereocenters. The van der Waals surface area contributed by atoms with Crippen LogP contribution in [-0.2, 0) is 0 Å². The molecule has 22 heavy (non-hydrogen) atoms. The number of hydrogen-bond donors (Lipinski definition) is 0. The van der Waals surface area contributed by atoms with E-state index in [1.54, 1.807) is 7.11 Å². The first kappa shape index (κ1) is 15.3. The molecule has 0 amide bonds. The third kappa shape index (κ3) is 3.40. The number of rotatable bonds is 4. The molecule has 1 unspecified atom stereocenters. The van der Waals surface area contributed by atoms with E-state index in [4.69, 9.17) is 16.3 Å². The first-order chi connectivity index (χ1) is 10.8. The van der Waals surface area contributed by atoms with Crippen LogP contribution in [0.4, 0.5) is 0 Å². The molecule has 0 spiro atoms. The Morgan fingerprint density at radius 2 is 1.95 bits per heavy atom. The van der Waals surface area contributed by atoms with Crippen LogP contribution in [0.2, 0.25) is 5.02 Å². The highest BCUT2D eigenvalue weighted by Crippen LogP contribution is 2.33. The van der Waals surface area contributed by atoms with Gasteiger partial charge >= 0.3 is 0 Å². The van der Waals surface area contributed by atoms with Gasteiger partial charge in [0, 0.05) is 22.3 Å². The Hall–Kier alpha value is -1.64. The van der Waals surface area contributed by atoms with Gasteiger partial charge in [0.15, 0.2) is 0 Å². The highest BCUT2D eigenvalue weighted by Gasteiger charge is 2.13. The number of allylic oxidation sites excluding steroid dienone is 2. The summed E-state index contributed by atoms with van der Waals surface area (Å²) in [5.74, 6) is 2.39. The fraction of sp³-hybridized carbons (Fsp3) is 0.158. The van der Waals surface area contributed by atoms with Crippen LogP contribution in [0.25, 0.3) is 5.57 Å². The highest BCUT2D eigenvalue weighted by molar-refractivity contribution is 8.02. The van der Waals surface area contributed by atoms with Crippen LogP contribution in [0.3, 0.4) is 0 Å². The van der Waals surface area contributed by atoms with Crippen LogP contribution < -0.4 is 4.74 Å². The third-order valence-corrected chi connectivity index (χ3v) is 4.91. The highest BCUT2D eigenvalue weighted by atomic mass is 35.5. The molecule has 2 aromatic rings. The molecule has 0 bridgehead atoms. The second-order valence-corrected chi connectivity index (χ2v) is 6.46. The summed E-state index contributed by atoms with van der Waals surface area (Å²) in [6.45, 7) is 0. The zero-order chi connectivity index (χ0) is 15.4. The smallest absolute Gasteiger partial charge is 0.118 e. The van der Waals surface area contributed by atoms with E-state index in [-0.39, 0.29) is 0 Å². The quantitative estimate of drug-likeness (QED) is 0.716. The SMILES string of the molecule is COc1ccc(C(=CC2C=CSC2)c2ccccc2Cl)cc1. The van der Waals surface area contributed by atoms with Crippen molar-refractivity contribution in [2.75, 3.05) is 12.9 Å². The maximum atomic E-state index is 6.42. The molecule has 3 heteroatoms. The molecule has 0 fully saturated rings. The van der Waals surface area contributed by atoms with Gasteiger partial charge < -0.3 is 4.74 Å². The first-order valence-electron chi connectivity index (χ1n) is 7.17. The Labute approximate surface area is 140 Å². The molecule has 1 aliphatic rings. The second-order valence-electron chi connectivity index (χ2n) is 5.11. The first-order valence-corrected chi connectivity index (χ1v) is 8.60. The minimum Gasteiger partial charge on any atom is -0.497 e. The average Bonchev–Trinajstić information content (AvgIpc) is 3.07. The van der Waals surface area contributed by atoms with E-state index in [9.17, 15) is 0 Å². The molecule has 0 aliphatic carbocycles. The largest absolute Gasteiger partial charge is 0.497 e. The maximum Gasteiger partial charge on any atom is 0.118 e. The van der Waals surface area contributed by atoms with Crippen LogP contribution >= 0.6 is 23.4 Å². The van der Waals surface area contributed by atoms with Crippen LogP contribution in [0.5, 0.6) is 5.75 Å². The lowest BCUT2D eigenvalue weighted by Crippen LogP contribution is -1.96. The lowest BCUT2D eigenvalue weighted by molar-refractivity contribution is 0.415. The molecule has 1 nitrogen and oxygen atoms in total. The number of benzene rings is 2. The van der Waals surface area contributed by atoms with E-state index < -0.39 is 0 Å². The molecule has 0 saturated carbocycles. The van der Waals surface area contributed by atoms with Gasteiger partial charge in [-0.05, 0) is 34.7 Å². The van der Waals surface area contributed by atoms with Crippen molar-refractivity contribution >= 4 is 28.9 Å². The fourth-order valence-corrected chi connectivity index (χ4v) is 3.58. The van der Waals surface area contributed by atoms with Gasteiger partial charge in [0.05, 0.1) is 7.11 Å². The lowest BCUT2D eigenvalue weighted by Gasteiger charge is -2.13. The van der Waals surface area contributed by atoms with Gasteiger partial charge in [0.25, 0.3) is 0 Å². The summed E-state index contributed by atoms with van der Waals surface area (Å²) >= 11 is 8.27. The molecule has 3 rings (SSSR count). The van der Waals surface area contributed by atoms with Crippen LogP contribution in [0, 0.1) is 5.92 Å². The van der Waals surface area contributed by atoms with Gasteiger partial charge in [-0.1, -0.05) is 54.1 Å². The van der Waals surface area contributed by atoms with E-state index in [1.807, 2.05) is 42.1 Å². The Kier molecular flexibility index (Phi) is 4.91. The zero-order valence-electron chi connectivity index (χ0n) is 12.3. The predicted octanol–water partition coefficient (Wildman–Crippen LogP) is 5.66. The van der Waals surface area contributed by atoms with Crippen molar-refractivity contribution in [3.8, 4) is 5.75 Å². The summed E-state index contributed by atoms with van der Waals surface area (Å²) in [5, 5.41) is 2.94. The summed E-state index contributed by atoms with van der Waals surface area (Å²) in [4.78, 5) is 0. The Balaban J connectivity index is 2.05. The fourth-order valence-electron chi connectivity index (χ4n) is 2.49. The number of thioether (sulfide) groups is 1. The number of ether oxygens (including phenoxy) is 1. The molecule has 0 radical (unpaired) electrons. The van der Waals surface area contributed by atoms with Gasteiger partial charge in [-0.25, -0.2) is 0 Å². The maximum absolute atomic E-state index is 6.42. The molecule has 2 aromatic carbocycles. The Morgan fingerprint density at radius 1 is 1.18 bits per heavy atom. The van der Waals surface area contributed by atoms with Crippen molar-refractivity contribution < 1.29 is 4.74 Å². The number of halogens is 1. The van der Waals surface area contributed by atoms with Crippen LogP contribution in [0.15, 0.2) is 66.1 Å². The van der Waals surface area contributed by atoms with Crippen molar-refractivity contribution in [1.82, 2.24) is 0 Å². The average molecular weight is 329 g/mol. The minimum atomic E-state index is 0.443. The minimum absolute atomic E-state index is 0.443. The van der Waals surface area contributed by atoms with Crippen LogP contribution in [-0.4, -0.2) is 12.9 Å². The summed E-state index contributed by atoms with van der Waals surface area (Å²) in [6.07, 6.45) is 4.55. The molecule has 0 N–H and O–H groups in total. The van der Waals surface area contributed by atoms with E-state index in [2.05, 4.69) is 35.8 Å². The Bertz CT molecular complexity index is 704. The van der Waals surface area contributed by atoms with Gasteiger partial charge in [-0.2, -0.15) is 0 Å². The van der Waals surface area contributed by atoms with Gasteiger partial charge in [0.2, 0.25) is 0 Å². The van der Waals surface area contributed by atoms with Crippen molar-refractivity contribution in [2.24, 2.45) is 5.92 Å². The summed E-state index contributed by atoms with van der Waals surface area (Å²) in [7, 11) is 1.68. The molecule has 0 aromatic heterocycles. The monoisotopic (exact) mass is 328 g/mol.